The number of piperidine rings is 1. The summed E-state index contributed by atoms with van der Waals surface area (Å²) in [7, 11) is 0. The van der Waals surface area contributed by atoms with Gasteiger partial charge in [0.2, 0.25) is 0 Å². The SMILES string of the molecule is C.C.CC.CCCCC#CC(C)(c1ccccc1)c1ccc(N2CCCCC2)cc1.[HH]. The fourth-order valence-electron chi connectivity index (χ4n) is 3.74. The van der Waals surface area contributed by atoms with Crippen LogP contribution in [0.5, 0.6) is 0 Å². The van der Waals surface area contributed by atoms with Gasteiger partial charge in [0, 0.05) is 26.6 Å². The van der Waals surface area contributed by atoms with Crippen LogP contribution >= 0.6 is 0 Å². The van der Waals surface area contributed by atoms with Crippen LogP contribution in [0.3, 0.4) is 0 Å². The monoisotopic (exact) mass is 409 g/mol. The van der Waals surface area contributed by atoms with E-state index in [1.54, 1.807) is 0 Å². The number of benzene rings is 2. The second-order valence-electron chi connectivity index (χ2n) is 7.49. The predicted molar refractivity (Wildman–Crippen MR) is 140 cm³/mol. The Hall–Kier alpha value is -2.20. The van der Waals surface area contributed by atoms with Crippen molar-refractivity contribution in [3.8, 4) is 11.8 Å². The molecule has 3 rings (SSSR count). The standard InChI is InChI=1S/C25H31N.C2H6.2CH4.H2/c1-3-4-5-10-19-25(2,22-13-8-6-9-14-22)23-15-17-24(18-16-23)26-20-11-7-12-21-26;1-2;;;/h6,8-9,13-18H,3-5,7,11-12,20-21H2,1-2H3;1-2H3;2*1H4;1H. The maximum Gasteiger partial charge on any atom is 0.0783 e. The summed E-state index contributed by atoms with van der Waals surface area (Å²) >= 11 is 0. The summed E-state index contributed by atoms with van der Waals surface area (Å²) in [4.78, 5) is 2.51. The van der Waals surface area contributed by atoms with Crippen molar-refractivity contribution in [1.29, 1.82) is 0 Å². The van der Waals surface area contributed by atoms with Crippen LogP contribution in [0.25, 0.3) is 0 Å². The third kappa shape index (κ3) is 7.24. The van der Waals surface area contributed by atoms with Gasteiger partial charge in [0.1, 0.15) is 0 Å². The zero-order valence-electron chi connectivity index (χ0n) is 18.3. The van der Waals surface area contributed by atoms with Crippen molar-refractivity contribution in [2.75, 3.05) is 18.0 Å². The molecule has 0 spiro atoms. The Morgan fingerprint density at radius 1 is 0.867 bits per heavy atom. The van der Waals surface area contributed by atoms with Crippen LogP contribution in [0.1, 0.15) is 93.6 Å². The van der Waals surface area contributed by atoms with E-state index in [1.807, 2.05) is 13.8 Å². The molecule has 1 unspecified atom stereocenters. The van der Waals surface area contributed by atoms with E-state index in [2.05, 4.69) is 85.2 Å². The summed E-state index contributed by atoms with van der Waals surface area (Å²) < 4.78 is 0. The van der Waals surface area contributed by atoms with Gasteiger partial charge in [-0.1, -0.05) is 90.4 Å². The van der Waals surface area contributed by atoms with Crippen LogP contribution in [-0.2, 0) is 5.41 Å². The third-order valence-corrected chi connectivity index (χ3v) is 5.51. The van der Waals surface area contributed by atoms with E-state index in [9.17, 15) is 0 Å². The molecule has 1 aliphatic rings. The second kappa shape index (κ2) is 14.7. The van der Waals surface area contributed by atoms with E-state index < -0.39 is 0 Å². The number of hydrogen-bond donors (Lipinski definition) is 0. The molecule has 2 aromatic rings. The number of nitrogens with zero attached hydrogens (tertiary/aromatic N) is 1. The molecule has 0 N–H and O–H groups in total. The summed E-state index contributed by atoms with van der Waals surface area (Å²) in [5.41, 5.74) is 3.65. The average Bonchev–Trinajstić information content (AvgIpc) is 2.79. The average molecular weight is 410 g/mol. The fraction of sp³-hybridized carbons (Fsp3) is 0.517. The summed E-state index contributed by atoms with van der Waals surface area (Å²) in [5.74, 6) is 7.04. The second-order valence-corrected chi connectivity index (χ2v) is 7.49. The molecule has 0 aliphatic carbocycles. The molecule has 1 heteroatoms. The third-order valence-electron chi connectivity index (χ3n) is 5.51. The van der Waals surface area contributed by atoms with Crippen LogP contribution < -0.4 is 4.90 Å². The number of hydrogen-bond acceptors (Lipinski definition) is 1. The largest absolute Gasteiger partial charge is 0.372 e. The molecule has 1 aliphatic heterocycles. The van der Waals surface area contributed by atoms with Crippen LogP contribution in [0.4, 0.5) is 5.69 Å². The number of anilines is 1. The van der Waals surface area contributed by atoms with Crippen LogP contribution in [0, 0.1) is 11.8 Å². The molecule has 0 saturated carbocycles. The molecule has 168 valence electrons. The first kappa shape index (κ1) is 27.8. The topological polar surface area (TPSA) is 3.24 Å². The van der Waals surface area contributed by atoms with E-state index in [1.165, 1.54) is 62.0 Å². The van der Waals surface area contributed by atoms with Crippen LogP contribution in [0.2, 0.25) is 0 Å². The van der Waals surface area contributed by atoms with Gasteiger partial charge in [0.05, 0.1) is 5.41 Å². The summed E-state index contributed by atoms with van der Waals surface area (Å²) in [6.45, 7) is 10.9. The van der Waals surface area contributed by atoms with Crippen molar-refractivity contribution in [2.45, 2.75) is 86.5 Å². The Kier molecular flexibility index (Phi) is 13.7. The molecular weight excluding hydrogens is 362 g/mol. The predicted octanol–water partition coefficient (Wildman–Crippen LogP) is 8.72. The van der Waals surface area contributed by atoms with Gasteiger partial charge >= 0.3 is 0 Å². The van der Waals surface area contributed by atoms with Gasteiger partial charge in [0.25, 0.3) is 0 Å². The van der Waals surface area contributed by atoms with Gasteiger partial charge in [-0.25, -0.2) is 0 Å². The Bertz CT molecular complexity index is 736. The minimum atomic E-state index is -0.255. The van der Waals surface area contributed by atoms with Crippen molar-refractivity contribution in [3.63, 3.8) is 0 Å². The van der Waals surface area contributed by atoms with Crippen molar-refractivity contribution in [2.24, 2.45) is 0 Å². The minimum absolute atomic E-state index is 0. The Labute approximate surface area is 189 Å². The molecule has 0 radical (unpaired) electrons. The van der Waals surface area contributed by atoms with E-state index in [4.69, 9.17) is 0 Å². The molecule has 1 nitrogen and oxygen atoms in total. The van der Waals surface area contributed by atoms with Gasteiger partial charge in [-0.05, 0) is 55.9 Å². The molecule has 1 fully saturated rings. The Balaban J connectivity index is 0. The van der Waals surface area contributed by atoms with Crippen molar-refractivity contribution in [1.82, 2.24) is 0 Å². The van der Waals surface area contributed by atoms with Gasteiger partial charge in [-0.2, -0.15) is 0 Å². The summed E-state index contributed by atoms with van der Waals surface area (Å²) in [5, 5.41) is 0. The molecule has 30 heavy (non-hydrogen) atoms. The highest BCUT2D eigenvalue weighted by molar-refractivity contribution is 5.53. The summed E-state index contributed by atoms with van der Waals surface area (Å²) in [6.07, 6.45) is 7.34. The molecule has 0 amide bonds. The van der Waals surface area contributed by atoms with Crippen molar-refractivity contribution >= 4 is 5.69 Å². The first-order valence-electron chi connectivity index (χ1n) is 11.1. The van der Waals surface area contributed by atoms with E-state index in [-0.39, 0.29) is 21.7 Å². The maximum atomic E-state index is 3.60. The molecular formula is C29H47N. The van der Waals surface area contributed by atoms with Crippen LogP contribution in [-0.4, -0.2) is 13.1 Å². The minimum Gasteiger partial charge on any atom is -0.372 e. The molecule has 1 heterocycles. The highest BCUT2D eigenvalue weighted by Gasteiger charge is 2.26. The highest BCUT2D eigenvalue weighted by Crippen LogP contribution is 2.33. The zero-order chi connectivity index (χ0) is 20.2. The molecule has 2 aromatic carbocycles. The van der Waals surface area contributed by atoms with Gasteiger partial charge in [-0.3, -0.25) is 0 Å². The van der Waals surface area contributed by atoms with Crippen molar-refractivity contribution in [3.05, 3.63) is 65.7 Å². The first-order chi connectivity index (χ1) is 13.7. The Morgan fingerprint density at radius 3 is 2.00 bits per heavy atom. The van der Waals surface area contributed by atoms with Gasteiger partial charge in [-0.15, -0.1) is 5.92 Å². The Morgan fingerprint density at radius 2 is 1.43 bits per heavy atom. The molecule has 1 saturated heterocycles. The first-order valence-corrected chi connectivity index (χ1v) is 11.1. The molecule has 0 aromatic heterocycles. The lowest BCUT2D eigenvalue weighted by Gasteiger charge is -2.30. The normalized spacial score (nSPS) is 14.5. The maximum absolute atomic E-state index is 3.60. The number of unbranched alkanes of at least 4 members (excludes halogenated alkanes) is 2. The lowest BCUT2D eigenvalue weighted by Crippen LogP contribution is -2.29. The molecule has 1 atom stereocenters. The fourth-order valence-corrected chi connectivity index (χ4v) is 3.74. The lowest BCUT2D eigenvalue weighted by molar-refractivity contribution is 0.577. The van der Waals surface area contributed by atoms with Crippen LogP contribution in [0.15, 0.2) is 54.6 Å². The molecule has 0 bridgehead atoms. The summed E-state index contributed by atoms with van der Waals surface area (Å²) in [6, 6.07) is 19.9. The lowest BCUT2D eigenvalue weighted by atomic mass is 9.76. The highest BCUT2D eigenvalue weighted by atomic mass is 15.1. The van der Waals surface area contributed by atoms with Gasteiger partial charge < -0.3 is 4.90 Å². The zero-order valence-corrected chi connectivity index (χ0v) is 18.3. The quantitative estimate of drug-likeness (QED) is 0.352. The van der Waals surface area contributed by atoms with E-state index >= 15 is 0 Å². The van der Waals surface area contributed by atoms with E-state index in [0.29, 0.717) is 0 Å². The smallest absolute Gasteiger partial charge is 0.0783 e. The van der Waals surface area contributed by atoms with Gasteiger partial charge in [0.15, 0.2) is 0 Å². The number of rotatable bonds is 5. The van der Waals surface area contributed by atoms with E-state index in [0.717, 1.165) is 6.42 Å². The van der Waals surface area contributed by atoms with Crippen molar-refractivity contribution < 1.29 is 1.43 Å².